The molecule has 29 heavy (non-hydrogen) atoms. The molecule has 0 N–H and O–H groups in total. The average molecular weight is 428 g/mol. The second-order valence-corrected chi connectivity index (χ2v) is 7.57. The van der Waals surface area contributed by atoms with Crippen LogP contribution in [0.3, 0.4) is 0 Å². The number of ether oxygens (including phenoxy) is 2. The van der Waals surface area contributed by atoms with E-state index >= 15 is 0 Å². The van der Waals surface area contributed by atoms with Crippen molar-refractivity contribution in [2.45, 2.75) is 27.4 Å². The first-order chi connectivity index (χ1) is 14.0. The Morgan fingerprint density at radius 1 is 0.966 bits per heavy atom. The lowest BCUT2D eigenvalue weighted by molar-refractivity contribution is 0.269. The minimum atomic E-state index is 0.344. The lowest BCUT2D eigenvalue weighted by Gasteiger charge is -2.14. The molecular formula is C24H23Cl2NO2. The zero-order valence-corrected chi connectivity index (χ0v) is 18.2. The van der Waals surface area contributed by atoms with Gasteiger partial charge in [0, 0.05) is 11.2 Å². The Kier molecular flexibility index (Phi) is 7.18. The fraction of sp³-hybridized carbons (Fsp3) is 0.208. The van der Waals surface area contributed by atoms with Crippen LogP contribution in [0.5, 0.6) is 11.5 Å². The Morgan fingerprint density at radius 2 is 1.79 bits per heavy atom. The van der Waals surface area contributed by atoms with Crippen molar-refractivity contribution in [2.75, 3.05) is 6.61 Å². The molecule has 0 heterocycles. The van der Waals surface area contributed by atoms with Crippen molar-refractivity contribution in [1.29, 1.82) is 0 Å². The molecule has 0 fully saturated rings. The average Bonchev–Trinajstić information content (AvgIpc) is 2.67. The number of halogens is 2. The molecule has 3 aromatic carbocycles. The van der Waals surface area contributed by atoms with E-state index in [4.69, 9.17) is 32.7 Å². The molecule has 0 saturated heterocycles. The van der Waals surface area contributed by atoms with Gasteiger partial charge in [-0.25, -0.2) is 0 Å². The maximum atomic E-state index is 6.51. The first kappa shape index (κ1) is 21.2. The first-order valence-electron chi connectivity index (χ1n) is 9.41. The van der Waals surface area contributed by atoms with Crippen LogP contribution in [0.2, 0.25) is 10.0 Å². The summed E-state index contributed by atoms with van der Waals surface area (Å²) >= 11 is 12.6. The van der Waals surface area contributed by atoms with E-state index in [2.05, 4.69) is 18.0 Å². The van der Waals surface area contributed by atoms with Gasteiger partial charge in [-0.15, -0.1) is 0 Å². The summed E-state index contributed by atoms with van der Waals surface area (Å²) in [6.45, 7) is 6.88. The van der Waals surface area contributed by atoms with Gasteiger partial charge in [-0.1, -0.05) is 53.0 Å². The third kappa shape index (κ3) is 5.75. The minimum absolute atomic E-state index is 0.344. The van der Waals surface area contributed by atoms with Crippen molar-refractivity contribution < 1.29 is 9.47 Å². The molecule has 0 spiro atoms. The Labute approximate surface area is 181 Å². The highest BCUT2D eigenvalue weighted by molar-refractivity contribution is 6.32. The second kappa shape index (κ2) is 9.82. The number of aryl methyl sites for hydroxylation is 2. The standard InChI is InChI=1S/C24H23Cl2NO2/c1-4-28-23-13-19(14-27-22-9-8-16(2)10-17(22)3)12-21(26)24(23)29-15-18-6-5-7-20(25)11-18/h5-14H,4,15H2,1-3H3. The van der Waals surface area contributed by atoms with E-state index in [0.717, 1.165) is 22.4 Å². The summed E-state index contributed by atoms with van der Waals surface area (Å²) in [6.07, 6.45) is 1.78. The summed E-state index contributed by atoms with van der Waals surface area (Å²) in [5.74, 6) is 1.10. The molecule has 0 saturated carbocycles. The van der Waals surface area contributed by atoms with Crippen LogP contribution < -0.4 is 9.47 Å². The summed E-state index contributed by atoms with van der Waals surface area (Å²) in [4.78, 5) is 4.60. The lowest BCUT2D eigenvalue weighted by atomic mass is 10.1. The molecule has 0 bridgehead atoms. The number of benzene rings is 3. The van der Waals surface area contributed by atoms with Crippen LogP contribution in [0.4, 0.5) is 5.69 Å². The maximum Gasteiger partial charge on any atom is 0.180 e. The van der Waals surface area contributed by atoms with E-state index in [1.54, 1.807) is 6.21 Å². The molecule has 3 nitrogen and oxygen atoms in total. The zero-order chi connectivity index (χ0) is 20.8. The van der Waals surface area contributed by atoms with Crippen molar-refractivity contribution in [1.82, 2.24) is 0 Å². The quantitative estimate of drug-likeness (QED) is 0.369. The Hall–Kier alpha value is -2.49. The maximum absolute atomic E-state index is 6.51. The largest absolute Gasteiger partial charge is 0.490 e. The third-order valence-corrected chi connectivity index (χ3v) is 4.82. The van der Waals surface area contributed by atoms with Crippen molar-refractivity contribution in [3.05, 3.63) is 86.9 Å². The third-order valence-electron chi connectivity index (χ3n) is 4.31. The van der Waals surface area contributed by atoms with E-state index in [0.29, 0.717) is 34.8 Å². The van der Waals surface area contributed by atoms with Gasteiger partial charge in [0.25, 0.3) is 0 Å². The lowest BCUT2D eigenvalue weighted by Crippen LogP contribution is -2.01. The molecule has 0 atom stereocenters. The number of hydrogen-bond donors (Lipinski definition) is 0. The van der Waals surface area contributed by atoms with Crippen LogP contribution >= 0.6 is 23.2 Å². The van der Waals surface area contributed by atoms with E-state index < -0.39 is 0 Å². The fourth-order valence-corrected chi connectivity index (χ4v) is 3.43. The van der Waals surface area contributed by atoms with Crippen LogP contribution in [-0.4, -0.2) is 12.8 Å². The predicted octanol–water partition coefficient (Wildman–Crippen LogP) is 7.34. The van der Waals surface area contributed by atoms with Crippen molar-refractivity contribution in [2.24, 2.45) is 4.99 Å². The number of rotatable bonds is 7. The van der Waals surface area contributed by atoms with E-state index in [-0.39, 0.29) is 0 Å². The molecule has 0 aliphatic carbocycles. The molecule has 150 valence electrons. The van der Waals surface area contributed by atoms with Gasteiger partial charge >= 0.3 is 0 Å². The molecule has 3 aromatic rings. The zero-order valence-electron chi connectivity index (χ0n) is 16.7. The Morgan fingerprint density at radius 3 is 2.52 bits per heavy atom. The minimum Gasteiger partial charge on any atom is -0.490 e. The highest BCUT2D eigenvalue weighted by Crippen LogP contribution is 2.37. The molecule has 0 aromatic heterocycles. The van der Waals surface area contributed by atoms with Crippen molar-refractivity contribution >= 4 is 35.1 Å². The van der Waals surface area contributed by atoms with E-state index in [1.165, 1.54) is 5.56 Å². The van der Waals surface area contributed by atoms with Gasteiger partial charge in [-0.2, -0.15) is 0 Å². The topological polar surface area (TPSA) is 30.8 Å². The number of nitrogens with zero attached hydrogens (tertiary/aromatic N) is 1. The van der Waals surface area contributed by atoms with Crippen LogP contribution in [0.1, 0.15) is 29.2 Å². The van der Waals surface area contributed by atoms with Gasteiger partial charge < -0.3 is 9.47 Å². The summed E-state index contributed by atoms with van der Waals surface area (Å²) in [6, 6.07) is 17.4. The van der Waals surface area contributed by atoms with Crippen LogP contribution in [0, 0.1) is 13.8 Å². The van der Waals surface area contributed by atoms with E-state index in [9.17, 15) is 0 Å². The van der Waals surface area contributed by atoms with Crippen LogP contribution in [0.15, 0.2) is 59.6 Å². The van der Waals surface area contributed by atoms with Crippen LogP contribution in [-0.2, 0) is 6.61 Å². The Bertz CT molecular complexity index is 1030. The monoisotopic (exact) mass is 427 g/mol. The molecule has 0 radical (unpaired) electrons. The molecule has 0 unspecified atom stereocenters. The van der Waals surface area contributed by atoms with Crippen LogP contribution in [0.25, 0.3) is 0 Å². The van der Waals surface area contributed by atoms with Gasteiger partial charge in [0.05, 0.1) is 17.3 Å². The van der Waals surface area contributed by atoms with Gasteiger partial charge in [-0.05, 0) is 67.8 Å². The highest BCUT2D eigenvalue weighted by atomic mass is 35.5. The van der Waals surface area contributed by atoms with Crippen molar-refractivity contribution in [3.63, 3.8) is 0 Å². The second-order valence-electron chi connectivity index (χ2n) is 6.73. The molecule has 5 heteroatoms. The summed E-state index contributed by atoms with van der Waals surface area (Å²) in [7, 11) is 0. The fourth-order valence-electron chi connectivity index (χ4n) is 2.94. The van der Waals surface area contributed by atoms with Gasteiger partial charge in [0.1, 0.15) is 6.61 Å². The summed E-state index contributed by atoms with van der Waals surface area (Å²) in [5.41, 5.74) is 5.05. The highest BCUT2D eigenvalue weighted by Gasteiger charge is 2.13. The Balaban J connectivity index is 1.84. The number of aliphatic imine (C=N–C) groups is 1. The molecular weight excluding hydrogens is 405 g/mol. The molecule has 0 amide bonds. The normalized spacial score (nSPS) is 11.1. The molecule has 0 aliphatic heterocycles. The van der Waals surface area contributed by atoms with Gasteiger partial charge in [-0.3, -0.25) is 4.99 Å². The summed E-state index contributed by atoms with van der Waals surface area (Å²) in [5, 5.41) is 1.14. The summed E-state index contributed by atoms with van der Waals surface area (Å²) < 4.78 is 11.7. The first-order valence-corrected chi connectivity index (χ1v) is 10.2. The SMILES string of the molecule is CCOc1cc(C=Nc2ccc(C)cc2C)cc(Cl)c1OCc1cccc(Cl)c1. The molecule has 0 aliphatic rings. The smallest absolute Gasteiger partial charge is 0.180 e. The van der Waals surface area contributed by atoms with E-state index in [1.807, 2.05) is 62.4 Å². The number of hydrogen-bond acceptors (Lipinski definition) is 3. The van der Waals surface area contributed by atoms with Gasteiger partial charge in [0.15, 0.2) is 11.5 Å². The predicted molar refractivity (Wildman–Crippen MR) is 122 cm³/mol. The molecule has 3 rings (SSSR count). The van der Waals surface area contributed by atoms with Gasteiger partial charge in [0.2, 0.25) is 0 Å². The van der Waals surface area contributed by atoms with Crippen molar-refractivity contribution in [3.8, 4) is 11.5 Å².